The minimum Gasteiger partial charge on any atom is -0.497 e. The van der Waals surface area contributed by atoms with Crippen molar-refractivity contribution < 1.29 is 9.84 Å². The van der Waals surface area contributed by atoms with E-state index in [0.29, 0.717) is 5.82 Å². The molecule has 0 aliphatic heterocycles. The van der Waals surface area contributed by atoms with Crippen molar-refractivity contribution in [2.75, 3.05) is 7.11 Å². The number of hydrogen-bond acceptors (Lipinski definition) is 3. The standard InChI is InChI=1S/C21H18N2O2/c1-25-18-10-8-15(9-11-18)20(24)21-22-13-19(23-21)17-7-6-14-4-2-3-5-16(14)12-17/h2-13,20,24H,1H3,(H,22,23). The molecular formula is C21H18N2O2. The Balaban J connectivity index is 1.63. The van der Waals surface area contributed by atoms with Crippen molar-refractivity contribution in [1.29, 1.82) is 0 Å². The Labute approximate surface area is 145 Å². The number of aliphatic hydroxyl groups excluding tert-OH is 1. The number of ether oxygens (including phenoxy) is 1. The largest absolute Gasteiger partial charge is 0.497 e. The maximum Gasteiger partial charge on any atom is 0.140 e. The van der Waals surface area contributed by atoms with E-state index in [4.69, 9.17) is 4.74 Å². The van der Waals surface area contributed by atoms with Gasteiger partial charge in [0.15, 0.2) is 0 Å². The van der Waals surface area contributed by atoms with Crippen molar-refractivity contribution in [2.24, 2.45) is 0 Å². The van der Waals surface area contributed by atoms with Gasteiger partial charge in [0.1, 0.15) is 17.7 Å². The third-order valence-corrected chi connectivity index (χ3v) is 4.35. The highest BCUT2D eigenvalue weighted by molar-refractivity contribution is 5.86. The summed E-state index contributed by atoms with van der Waals surface area (Å²) < 4.78 is 5.15. The lowest BCUT2D eigenvalue weighted by Crippen LogP contribution is -2.01. The number of aromatic nitrogens is 2. The van der Waals surface area contributed by atoms with Crippen LogP contribution in [0.1, 0.15) is 17.5 Å². The second-order valence-corrected chi connectivity index (χ2v) is 5.92. The number of imidazole rings is 1. The fourth-order valence-electron chi connectivity index (χ4n) is 2.92. The molecule has 25 heavy (non-hydrogen) atoms. The van der Waals surface area contributed by atoms with Crippen LogP contribution in [0.4, 0.5) is 0 Å². The zero-order chi connectivity index (χ0) is 17.2. The molecule has 0 aliphatic rings. The third-order valence-electron chi connectivity index (χ3n) is 4.35. The molecule has 1 unspecified atom stereocenters. The van der Waals surface area contributed by atoms with Gasteiger partial charge in [-0.2, -0.15) is 0 Å². The van der Waals surface area contributed by atoms with Gasteiger partial charge in [0.05, 0.1) is 19.0 Å². The molecule has 0 radical (unpaired) electrons. The molecule has 1 aromatic heterocycles. The number of rotatable bonds is 4. The molecule has 0 amide bonds. The molecule has 4 rings (SSSR count). The summed E-state index contributed by atoms with van der Waals surface area (Å²) in [7, 11) is 1.62. The summed E-state index contributed by atoms with van der Waals surface area (Å²) in [5.74, 6) is 1.28. The SMILES string of the molecule is COc1ccc(C(O)c2ncc(-c3ccc4ccccc4c3)[nH]2)cc1. The van der Waals surface area contributed by atoms with Gasteiger partial charge in [0.25, 0.3) is 0 Å². The summed E-state index contributed by atoms with van der Waals surface area (Å²) in [6.45, 7) is 0. The lowest BCUT2D eigenvalue weighted by molar-refractivity contribution is 0.211. The Kier molecular flexibility index (Phi) is 3.96. The number of methoxy groups -OCH3 is 1. The molecule has 4 aromatic rings. The van der Waals surface area contributed by atoms with Crippen LogP contribution < -0.4 is 4.74 Å². The second-order valence-electron chi connectivity index (χ2n) is 5.92. The number of fused-ring (bicyclic) bond motifs is 1. The normalized spacial score (nSPS) is 12.2. The van der Waals surface area contributed by atoms with Crippen molar-refractivity contribution in [1.82, 2.24) is 9.97 Å². The number of nitrogens with one attached hydrogen (secondary N) is 1. The first-order valence-electron chi connectivity index (χ1n) is 8.11. The summed E-state index contributed by atoms with van der Waals surface area (Å²) in [4.78, 5) is 7.58. The van der Waals surface area contributed by atoms with Crippen molar-refractivity contribution in [3.05, 3.63) is 84.3 Å². The van der Waals surface area contributed by atoms with Gasteiger partial charge in [0, 0.05) is 5.56 Å². The second kappa shape index (κ2) is 6.42. The fourth-order valence-corrected chi connectivity index (χ4v) is 2.92. The summed E-state index contributed by atoms with van der Waals surface area (Å²) in [6, 6.07) is 21.8. The molecule has 0 bridgehead atoms. The highest BCUT2D eigenvalue weighted by atomic mass is 16.5. The molecule has 3 aromatic carbocycles. The zero-order valence-corrected chi connectivity index (χ0v) is 13.8. The van der Waals surface area contributed by atoms with Crippen LogP contribution in [0.3, 0.4) is 0 Å². The van der Waals surface area contributed by atoms with E-state index in [2.05, 4.69) is 40.3 Å². The minimum absolute atomic E-state index is 0.522. The van der Waals surface area contributed by atoms with E-state index in [1.165, 1.54) is 10.8 Å². The van der Waals surface area contributed by atoms with Crippen LogP contribution in [0.15, 0.2) is 72.9 Å². The fraction of sp³-hybridized carbons (Fsp3) is 0.0952. The molecule has 0 spiro atoms. The van der Waals surface area contributed by atoms with Crippen molar-refractivity contribution in [3.8, 4) is 17.0 Å². The maximum absolute atomic E-state index is 10.6. The van der Waals surface area contributed by atoms with Crippen LogP contribution in [0.5, 0.6) is 5.75 Å². The van der Waals surface area contributed by atoms with E-state index >= 15 is 0 Å². The first-order chi connectivity index (χ1) is 12.2. The first-order valence-corrected chi connectivity index (χ1v) is 8.11. The average molecular weight is 330 g/mol. The highest BCUT2D eigenvalue weighted by Gasteiger charge is 2.15. The molecule has 0 fully saturated rings. The zero-order valence-electron chi connectivity index (χ0n) is 13.8. The maximum atomic E-state index is 10.6. The van der Waals surface area contributed by atoms with E-state index in [1.54, 1.807) is 13.3 Å². The Hall–Kier alpha value is -3.11. The van der Waals surface area contributed by atoms with Crippen LogP contribution in [0, 0.1) is 0 Å². The van der Waals surface area contributed by atoms with Gasteiger partial charge in [-0.05, 0) is 34.5 Å². The van der Waals surface area contributed by atoms with Crippen molar-refractivity contribution in [2.45, 2.75) is 6.10 Å². The number of aliphatic hydroxyl groups is 1. The van der Waals surface area contributed by atoms with Gasteiger partial charge in [-0.3, -0.25) is 0 Å². The summed E-state index contributed by atoms with van der Waals surface area (Å²) in [5, 5.41) is 12.9. The smallest absolute Gasteiger partial charge is 0.140 e. The van der Waals surface area contributed by atoms with Crippen LogP contribution in [-0.2, 0) is 0 Å². The monoisotopic (exact) mass is 330 g/mol. The van der Waals surface area contributed by atoms with E-state index in [0.717, 1.165) is 22.6 Å². The summed E-state index contributed by atoms with van der Waals surface area (Å²) >= 11 is 0. The van der Waals surface area contributed by atoms with Gasteiger partial charge in [0.2, 0.25) is 0 Å². The number of nitrogens with zero attached hydrogens (tertiary/aromatic N) is 1. The number of H-pyrrole nitrogens is 1. The van der Waals surface area contributed by atoms with Gasteiger partial charge >= 0.3 is 0 Å². The molecule has 0 saturated carbocycles. The van der Waals surface area contributed by atoms with Crippen molar-refractivity contribution >= 4 is 10.8 Å². The molecule has 4 heteroatoms. The summed E-state index contributed by atoms with van der Waals surface area (Å²) in [5.41, 5.74) is 2.69. The van der Waals surface area contributed by atoms with Crippen LogP contribution in [-0.4, -0.2) is 22.2 Å². The minimum atomic E-state index is -0.805. The average Bonchev–Trinajstić information content (AvgIpc) is 3.17. The quantitative estimate of drug-likeness (QED) is 0.586. The van der Waals surface area contributed by atoms with Crippen LogP contribution >= 0.6 is 0 Å². The molecule has 0 saturated heterocycles. The third kappa shape index (κ3) is 2.99. The van der Waals surface area contributed by atoms with Gasteiger partial charge in [-0.25, -0.2) is 4.98 Å². The first kappa shape index (κ1) is 15.4. The summed E-state index contributed by atoms with van der Waals surface area (Å²) in [6.07, 6.45) is 0.951. The number of aromatic amines is 1. The van der Waals surface area contributed by atoms with Crippen LogP contribution in [0.25, 0.3) is 22.0 Å². The Morgan fingerprint density at radius 3 is 2.48 bits per heavy atom. The van der Waals surface area contributed by atoms with E-state index in [1.807, 2.05) is 36.4 Å². The van der Waals surface area contributed by atoms with E-state index in [9.17, 15) is 5.11 Å². The van der Waals surface area contributed by atoms with Gasteiger partial charge < -0.3 is 14.8 Å². The molecule has 124 valence electrons. The Bertz CT molecular complexity index is 1010. The molecule has 0 aliphatic carbocycles. The van der Waals surface area contributed by atoms with Crippen molar-refractivity contribution in [3.63, 3.8) is 0 Å². The lowest BCUT2D eigenvalue weighted by Gasteiger charge is -2.09. The number of benzene rings is 3. The van der Waals surface area contributed by atoms with E-state index in [-0.39, 0.29) is 0 Å². The molecule has 1 heterocycles. The van der Waals surface area contributed by atoms with Crippen LogP contribution in [0.2, 0.25) is 0 Å². The lowest BCUT2D eigenvalue weighted by atomic mass is 10.1. The van der Waals surface area contributed by atoms with Gasteiger partial charge in [-0.15, -0.1) is 0 Å². The highest BCUT2D eigenvalue weighted by Crippen LogP contribution is 2.26. The molecule has 2 N–H and O–H groups in total. The number of hydrogen-bond donors (Lipinski definition) is 2. The predicted molar refractivity (Wildman–Crippen MR) is 98.6 cm³/mol. The Morgan fingerprint density at radius 1 is 0.960 bits per heavy atom. The van der Waals surface area contributed by atoms with Gasteiger partial charge in [-0.1, -0.05) is 48.5 Å². The topological polar surface area (TPSA) is 58.1 Å². The molecular weight excluding hydrogens is 312 g/mol. The molecule has 1 atom stereocenters. The predicted octanol–water partition coefficient (Wildman–Crippen LogP) is 4.32. The van der Waals surface area contributed by atoms with E-state index < -0.39 is 6.10 Å². The molecule has 4 nitrogen and oxygen atoms in total. The Morgan fingerprint density at radius 2 is 1.72 bits per heavy atom.